The molecular formula is C20H26N2O3. The summed E-state index contributed by atoms with van der Waals surface area (Å²) in [4.78, 5) is 8.72. The minimum Gasteiger partial charge on any atom is -0.377 e. The zero-order chi connectivity index (χ0) is 17.4. The SMILES string of the molecule is OC(CCCCOC1CCCCO1)(c1ccccn1)c1ccccn1. The molecule has 25 heavy (non-hydrogen) atoms. The van der Waals surface area contributed by atoms with E-state index in [1.807, 2.05) is 36.4 Å². The minimum atomic E-state index is -1.18. The van der Waals surface area contributed by atoms with E-state index in [0.717, 1.165) is 32.3 Å². The molecule has 0 amide bonds. The third kappa shape index (κ3) is 4.84. The minimum absolute atomic E-state index is 0.0563. The molecule has 1 fully saturated rings. The largest absolute Gasteiger partial charge is 0.377 e. The van der Waals surface area contributed by atoms with Gasteiger partial charge >= 0.3 is 0 Å². The van der Waals surface area contributed by atoms with E-state index in [1.54, 1.807) is 12.4 Å². The highest BCUT2D eigenvalue weighted by atomic mass is 16.7. The molecule has 0 bridgehead atoms. The summed E-state index contributed by atoms with van der Waals surface area (Å²) in [5, 5.41) is 11.3. The Bertz CT molecular complexity index is 576. The molecule has 134 valence electrons. The lowest BCUT2D eigenvalue weighted by Gasteiger charge is -2.27. The van der Waals surface area contributed by atoms with Crippen LogP contribution in [0, 0.1) is 0 Å². The van der Waals surface area contributed by atoms with Gasteiger partial charge in [-0.05, 0) is 62.8 Å². The predicted octanol–water partition coefficient (Wildman–Crippen LogP) is 3.43. The van der Waals surface area contributed by atoms with Gasteiger partial charge in [-0.3, -0.25) is 9.97 Å². The summed E-state index contributed by atoms with van der Waals surface area (Å²) in [6, 6.07) is 11.2. The molecular weight excluding hydrogens is 316 g/mol. The predicted molar refractivity (Wildman–Crippen MR) is 94.9 cm³/mol. The monoisotopic (exact) mass is 342 g/mol. The van der Waals surface area contributed by atoms with Gasteiger partial charge < -0.3 is 14.6 Å². The van der Waals surface area contributed by atoms with Gasteiger partial charge in [0.25, 0.3) is 0 Å². The lowest BCUT2D eigenvalue weighted by atomic mass is 9.88. The number of aliphatic hydroxyl groups is 1. The van der Waals surface area contributed by atoms with Crippen LogP contribution in [0.5, 0.6) is 0 Å². The highest BCUT2D eigenvalue weighted by molar-refractivity contribution is 5.26. The van der Waals surface area contributed by atoms with Crippen LogP contribution in [-0.2, 0) is 15.1 Å². The second kappa shape index (κ2) is 9.04. The van der Waals surface area contributed by atoms with Crippen molar-refractivity contribution in [1.29, 1.82) is 0 Å². The number of hydrogen-bond donors (Lipinski definition) is 1. The van der Waals surface area contributed by atoms with E-state index >= 15 is 0 Å². The van der Waals surface area contributed by atoms with Gasteiger partial charge in [0.15, 0.2) is 6.29 Å². The molecule has 3 heterocycles. The molecule has 5 heteroatoms. The Morgan fingerprint density at radius 3 is 2.32 bits per heavy atom. The van der Waals surface area contributed by atoms with Crippen LogP contribution in [0.2, 0.25) is 0 Å². The van der Waals surface area contributed by atoms with E-state index in [2.05, 4.69) is 9.97 Å². The first-order valence-electron chi connectivity index (χ1n) is 9.08. The van der Waals surface area contributed by atoms with E-state index < -0.39 is 5.60 Å². The van der Waals surface area contributed by atoms with Gasteiger partial charge in [0.1, 0.15) is 5.60 Å². The summed E-state index contributed by atoms with van der Waals surface area (Å²) < 4.78 is 11.3. The Labute approximate surface area is 149 Å². The van der Waals surface area contributed by atoms with Crippen molar-refractivity contribution in [2.24, 2.45) is 0 Å². The van der Waals surface area contributed by atoms with Crippen molar-refractivity contribution in [3.8, 4) is 0 Å². The van der Waals surface area contributed by atoms with Gasteiger partial charge in [0.2, 0.25) is 0 Å². The molecule has 1 atom stereocenters. The maximum Gasteiger partial charge on any atom is 0.157 e. The standard InChI is InChI=1S/C20H26N2O3/c23-20(17-9-1-5-13-21-17,18-10-2-6-14-22-18)12-4-8-16-25-19-11-3-7-15-24-19/h1-2,5-6,9-10,13-14,19,23H,3-4,7-8,11-12,15-16H2. The molecule has 2 aromatic heterocycles. The molecule has 0 spiro atoms. The van der Waals surface area contributed by atoms with Gasteiger partial charge in [0, 0.05) is 25.6 Å². The van der Waals surface area contributed by atoms with Crippen LogP contribution in [0.25, 0.3) is 0 Å². The van der Waals surface area contributed by atoms with E-state index in [1.165, 1.54) is 6.42 Å². The molecule has 1 N–H and O–H groups in total. The van der Waals surface area contributed by atoms with E-state index in [0.29, 0.717) is 24.4 Å². The zero-order valence-corrected chi connectivity index (χ0v) is 14.5. The molecule has 0 aromatic carbocycles. The summed E-state index contributed by atoms with van der Waals surface area (Å²) in [6.45, 7) is 1.44. The Hall–Kier alpha value is -1.82. The van der Waals surface area contributed by atoms with Crippen LogP contribution in [-0.4, -0.2) is 34.6 Å². The van der Waals surface area contributed by atoms with Gasteiger partial charge in [-0.2, -0.15) is 0 Å². The van der Waals surface area contributed by atoms with Crippen LogP contribution < -0.4 is 0 Å². The van der Waals surface area contributed by atoms with Gasteiger partial charge in [-0.25, -0.2) is 0 Å². The van der Waals surface area contributed by atoms with Crippen LogP contribution in [0.15, 0.2) is 48.8 Å². The number of hydrogen-bond acceptors (Lipinski definition) is 5. The first-order chi connectivity index (χ1) is 12.3. The molecule has 2 aromatic rings. The van der Waals surface area contributed by atoms with Gasteiger partial charge in [0.05, 0.1) is 11.4 Å². The highest BCUT2D eigenvalue weighted by Gasteiger charge is 2.33. The van der Waals surface area contributed by atoms with Crippen molar-refractivity contribution in [2.75, 3.05) is 13.2 Å². The molecule has 0 aliphatic carbocycles. The number of unbranched alkanes of at least 4 members (excludes halogenated alkanes) is 1. The topological polar surface area (TPSA) is 64.5 Å². The average molecular weight is 342 g/mol. The Morgan fingerprint density at radius 2 is 1.76 bits per heavy atom. The summed E-state index contributed by atoms with van der Waals surface area (Å²) in [6.07, 6.45) is 8.85. The number of ether oxygens (including phenoxy) is 2. The number of aromatic nitrogens is 2. The summed E-state index contributed by atoms with van der Waals surface area (Å²) in [5.74, 6) is 0. The number of nitrogens with zero attached hydrogens (tertiary/aromatic N) is 2. The molecule has 3 rings (SSSR count). The maximum absolute atomic E-state index is 11.3. The normalized spacial score (nSPS) is 18.2. The quantitative estimate of drug-likeness (QED) is 0.745. The fourth-order valence-electron chi connectivity index (χ4n) is 3.14. The molecule has 0 saturated carbocycles. The summed E-state index contributed by atoms with van der Waals surface area (Å²) >= 11 is 0. The van der Waals surface area contributed by atoms with Crippen LogP contribution >= 0.6 is 0 Å². The molecule has 1 saturated heterocycles. The fourth-order valence-corrected chi connectivity index (χ4v) is 3.14. The Morgan fingerprint density at radius 1 is 1.04 bits per heavy atom. The first-order valence-corrected chi connectivity index (χ1v) is 9.08. The molecule has 5 nitrogen and oxygen atoms in total. The summed E-state index contributed by atoms with van der Waals surface area (Å²) in [5.41, 5.74) is 0.0830. The van der Waals surface area contributed by atoms with E-state index in [9.17, 15) is 5.11 Å². The molecule has 1 aliphatic rings. The lowest BCUT2D eigenvalue weighted by molar-refractivity contribution is -0.163. The van der Waals surface area contributed by atoms with Crippen LogP contribution in [0.4, 0.5) is 0 Å². The second-order valence-corrected chi connectivity index (χ2v) is 6.41. The zero-order valence-electron chi connectivity index (χ0n) is 14.5. The van der Waals surface area contributed by atoms with Crippen molar-refractivity contribution in [3.05, 3.63) is 60.2 Å². The van der Waals surface area contributed by atoms with Gasteiger partial charge in [-0.15, -0.1) is 0 Å². The van der Waals surface area contributed by atoms with Crippen molar-refractivity contribution < 1.29 is 14.6 Å². The molecule has 0 radical (unpaired) electrons. The van der Waals surface area contributed by atoms with Crippen LogP contribution in [0.3, 0.4) is 0 Å². The Balaban J connectivity index is 1.57. The van der Waals surface area contributed by atoms with Crippen molar-refractivity contribution in [1.82, 2.24) is 9.97 Å². The van der Waals surface area contributed by atoms with E-state index in [4.69, 9.17) is 9.47 Å². The van der Waals surface area contributed by atoms with Crippen LogP contribution in [0.1, 0.15) is 49.9 Å². The summed E-state index contributed by atoms with van der Waals surface area (Å²) in [7, 11) is 0. The molecule has 1 aliphatic heterocycles. The van der Waals surface area contributed by atoms with Crippen molar-refractivity contribution in [2.45, 2.75) is 50.4 Å². The number of pyridine rings is 2. The average Bonchev–Trinajstić information content (AvgIpc) is 2.70. The first kappa shape index (κ1) is 18.0. The van der Waals surface area contributed by atoms with Crippen molar-refractivity contribution in [3.63, 3.8) is 0 Å². The highest BCUT2D eigenvalue weighted by Crippen LogP contribution is 2.32. The third-order valence-electron chi connectivity index (χ3n) is 4.55. The van der Waals surface area contributed by atoms with E-state index in [-0.39, 0.29) is 6.29 Å². The van der Waals surface area contributed by atoms with Gasteiger partial charge in [-0.1, -0.05) is 12.1 Å². The smallest absolute Gasteiger partial charge is 0.157 e. The lowest BCUT2D eigenvalue weighted by Crippen LogP contribution is -2.30. The number of rotatable bonds is 8. The molecule has 1 unspecified atom stereocenters. The van der Waals surface area contributed by atoms with Crippen molar-refractivity contribution >= 4 is 0 Å². The third-order valence-corrected chi connectivity index (χ3v) is 4.55. The second-order valence-electron chi connectivity index (χ2n) is 6.41. The Kier molecular flexibility index (Phi) is 6.50. The fraction of sp³-hybridized carbons (Fsp3) is 0.500. The maximum atomic E-state index is 11.3.